The van der Waals surface area contributed by atoms with Gasteiger partial charge in [-0.2, -0.15) is 0 Å². The molecule has 1 N–H and O–H groups in total. The minimum atomic E-state index is 0.0000569. The van der Waals surface area contributed by atoms with Crippen LogP contribution in [0, 0.1) is 0 Å². The first-order chi connectivity index (χ1) is 12.6. The topological polar surface area (TPSA) is 29.1 Å². The fourth-order valence-electron chi connectivity index (χ4n) is 4.07. The van der Waals surface area contributed by atoms with Gasteiger partial charge in [0.15, 0.2) is 0 Å². The molecule has 126 valence electrons. The molecule has 2 heteroatoms. The fraction of sp³-hybridized carbons (Fsp3) is 0.125. The normalized spacial score (nSPS) is 15.0. The quantitative estimate of drug-likeness (QED) is 0.637. The summed E-state index contributed by atoms with van der Waals surface area (Å²) < 4.78 is 0. The molecule has 0 unspecified atom stereocenters. The number of amides is 1. The van der Waals surface area contributed by atoms with E-state index in [4.69, 9.17) is 0 Å². The van der Waals surface area contributed by atoms with Crippen LogP contribution in [0.25, 0.3) is 33.2 Å². The molecule has 0 radical (unpaired) electrons. The zero-order valence-corrected chi connectivity index (χ0v) is 14.8. The predicted octanol–water partition coefficient (Wildman–Crippen LogP) is 5.24. The van der Waals surface area contributed by atoms with Crippen LogP contribution in [0.1, 0.15) is 25.0 Å². The molecule has 0 saturated carbocycles. The van der Waals surface area contributed by atoms with E-state index in [1.165, 1.54) is 32.7 Å². The van der Waals surface area contributed by atoms with Crippen LogP contribution < -0.4 is 5.32 Å². The number of allylic oxidation sites excluding steroid dienone is 3. The van der Waals surface area contributed by atoms with Gasteiger partial charge in [-0.25, -0.2) is 0 Å². The van der Waals surface area contributed by atoms with Crippen LogP contribution in [-0.2, 0) is 4.79 Å². The largest absolute Gasteiger partial charge is 0.350 e. The number of carbonyl (C=O) groups excluding carboxylic acids is 1. The highest BCUT2D eigenvalue weighted by Crippen LogP contribution is 2.45. The molecule has 0 fully saturated rings. The van der Waals surface area contributed by atoms with Gasteiger partial charge in [-0.15, -0.1) is 0 Å². The molecule has 3 aromatic rings. The SMILES string of the molecule is CC(C)NC(=O)C1=CC=C2C1=Cc1c2ccc2c1ccc1ccccc12. The monoisotopic (exact) mass is 337 g/mol. The highest BCUT2D eigenvalue weighted by molar-refractivity contribution is 6.18. The Morgan fingerprint density at radius 1 is 0.846 bits per heavy atom. The average molecular weight is 337 g/mol. The molecule has 0 atom stereocenters. The van der Waals surface area contributed by atoms with Crippen LogP contribution in [-0.4, -0.2) is 11.9 Å². The van der Waals surface area contributed by atoms with Gasteiger partial charge >= 0.3 is 0 Å². The maximum atomic E-state index is 12.5. The maximum absolute atomic E-state index is 12.5. The number of hydrogen-bond acceptors (Lipinski definition) is 1. The number of fused-ring (bicyclic) bond motifs is 7. The summed E-state index contributed by atoms with van der Waals surface area (Å²) in [7, 11) is 0. The molecule has 1 amide bonds. The Kier molecular flexibility index (Phi) is 3.17. The molecule has 2 nitrogen and oxygen atoms in total. The van der Waals surface area contributed by atoms with Gasteiger partial charge in [-0.05, 0) is 69.8 Å². The summed E-state index contributed by atoms with van der Waals surface area (Å²) in [6.45, 7) is 3.97. The molecular weight excluding hydrogens is 318 g/mol. The van der Waals surface area contributed by atoms with Crippen molar-refractivity contribution >= 4 is 39.1 Å². The van der Waals surface area contributed by atoms with Gasteiger partial charge < -0.3 is 5.32 Å². The van der Waals surface area contributed by atoms with E-state index in [9.17, 15) is 4.79 Å². The van der Waals surface area contributed by atoms with Crippen molar-refractivity contribution in [2.75, 3.05) is 0 Å². The first-order valence-electron chi connectivity index (χ1n) is 9.03. The van der Waals surface area contributed by atoms with Crippen LogP contribution in [0.2, 0.25) is 0 Å². The van der Waals surface area contributed by atoms with Gasteiger partial charge in [-0.1, -0.05) is 54.6 Å². The third kappa shape index (κ3) is 2.08. The van der Waals surface area contributed by atoms with Gasteiger partial charge in [-0.3, -0.25) is 4.79 Å². The van der Waals surface area contributed by atoms with E-state index in [1.807, 2.05) is 19.9 Å². The van der Waals surface area contributed by atoms with E-state index in [2.05, 4.69) is 66.0 Å². The van der Waals surface area contributed by atoms with Crippen LogP contribution in [0.5, 0.6) is 0 Å². The van der Waals surface area contributed by atoms with Crippen molar-refractivity contribution in [2.24, 2.45) is 0 Å². The molecule has 2 aliphatic carbocycles. The van der Waals surface area contributed by atoms with Crippen molar-refractivity contribution in [3.8, 4) is 0 Å². The van der Waals surface area contributed by atoms with Crippen molar-refractivity contribution in [1.29, 1.82) is 0 Å². The van der Waals surface area contributed by atoms with Gasteiger partial charge in [0.1, 0.15) is 0 Å². The van der Waals surface area contributed by atoms with Crippen molar-refractivity contribution in [3.63, 3.8) is 0 Å². The summed E-state index contributed by atoms with van der Waals surface area (Å²) in [6, 6.07) is 17.4. The second-order valence-corrected chi connectivity index (χ2v) is 7.26. The molecule has 2 aliphatic rings. The Bertz CT molecular complexity index is 1190. The van der Waals surface area contributed by atoms with Gasteiger partial charge in [0.2, 0.25) is 0 Å². The number of nitrogens with one attached hydrogen (secondary N) is 1. The van der Waals surface area contributed by atoms with Gasteiger partial charge in [0.25, 0.3) is 5.91 Å². The maximum Gasteiger partial charge on any atom is 0.252 e. The molecule has 0 saturated heterocycles. The summed E-state index contributed by atoms with van der Waals surface area (Å²) in [5.41, 5.74) is 5.39. The minimum absolute atomic E-state index is 0.0000569. The number of benzene rings is 3. The van der Waals surface area contributed by atoms with Crippen LogP contribution in [0.4, 0.5) is 0 Å². The molecular formula is C24H19NO. The van der Waals surface area contributed by atoms with Crippen molar-refractivity contribution in [3.05, 3.63) is 83.0 Å². The number of carbonyl (C=O) groups is 1. The second-order valence-electron chi connectivity index (χ2n) is 7.26. The van der Waals surface area contributed by atoms with Crippen LogP contribution in [0.15, 0.2) is 71.8 Å². The van der Waals surface area contributed by atoms with Crippen molar-refractivity contribution in [1.82, 2.24) is 5.32 Å². The van der Waals surface area contributed by atoms with Crippen molar-refractivity contribution < 1.29 is 4.79 Å². The highest BCUT2D eigenvalue weighted by Gasteiger charge is 2.29. The first kappa shape index (κ1) is 15.2. The lowest BCUT2D eigenvalue weighted by Crippen LogP contribution is -2.31. The van der Waals surface area contributed by atoms with Crippen LogP contribution >= 0.6 is 0 Å². The van der Waals surface area contributed by atoms with E-state index in [0.717, 1.165) is 16.7 Å². The molecule has 0 aromatic heterocycles. The summed E-state index contributed by atoms with van der Waals surface area (Å²) in [6.07, 6.45) is 6.18. The second kappa shape index (κ2) is 5.43. The number of hydrogen-bond donors (Lipinski definition) is 1. The van der Waals surface area contributed by atoms with E-state index >= 15 is 0 Å². The lowest BCUT2D eigenvalue weighted by molar-refractivity contribution is -0.117. The number of rotatable bonds is 2. The summed E-state index contributed by atoms with van der Waals surface area (Å²) in [5.74, 6) is 0.0000569. The summed E-state index contributed by atoms with van der Waals surface area (Å²) in [4.78, 5) is 12.5. The Morgan fingerprint density at radius 2 is 1.65 bits per heavy atom. The lowest BCUT2D eigenvalue weighted by atomic mass is 9.95. The Balaban J connectivity index is 1.68. The molecule has 0 bridgehead atoms. The van der Waals surface area contributed by atoms with Gasteiger partial charge in [0.05, 0.1) is 0 Å². The van der Waals surface area contributed by atoms with Gasteiger partial charge in [0, 0.05) is 11.6 Å². The molecule has 0 spiro atoms. The van der Waals surface area contributed by atoms with E-state index in [0.29, 0.717) is 0 Å². The van der Waals surface area contributed by atoms with E-state index in [1.54, 1.807) is 0 Å². The third-order valence-corrected chi connectivity index (χ3v) is 5.21. The zero-order chi connectivity index (χ0) is 17.8. The Morgan fingerprint density at radius 3 is 2.50 bits per heavy atom. The lowest BCUT2D eigenvalue weighted by Gasteiger charge is -2.10. The van der Waals surface area contributed by atoms with E-state index in [-0.39, 0.29) is 11.9 Å². The van der Waals surface area contributed by atoms with Crippen LogP contribution in [0.3, 0.4) is 0 Å². The van der Waals surface area contributed by atoms with E-state index < -0.39 is 0 Å². The molecule has 0 heterocycles. The Hall–Kier alpha value is -3.13. The predicted molar refractivity (Wildman–Crippen MR) is 109 cm³/mol. The fourth-order valence-corrected chi connectivity index (χ4v) is 4.07. The summed E-state index contributed by atoms with van der Waals surface area (Å²) in [5, 5.41) is 8.03. The standard InChI is InChI=1S/C24H19NO/c1-14(2)25-24(26)21-12-11-20-19-10-9-17-16-6-4-3-5-15(16)7-8-18(17)22(19)13-23(20)21/h3-14H,1-2H3,(H,25,26). The zero-order valence-electron chi connectivity index (χ0n) is 14.8. The molecule has 26 heavy (non-hydrogen) atoms. The van der Waals surface area contributed by atoms with Crippen molar-refractivity contribution in [2.45, 2.75) is 19.9 Å². The minimum Gasteiger partial charge on any atom is -0.350 e. The highest BCUT2D eigenvalue weighted by atomic mass is 16.1. The summed E-state index contributed by atoms with van der Waals surface area (Å²) >= 11 is 0. The Labute approximate surface area is 152 Å². The third-order valence-electron chi connectivity index (χ3n) is 5.21. The smallest absolute Gasteiger partial charge is 0.252 e. The molecule has 5 rings (SSSR count). The average Bonchev–Trinajstić information content (AvgIpc) is 3.19. The molecule has 3 aromatic carbocycles. The first-order valence-corrected chi connectivity index (χ1v) is 9.03. The molecule has 0 aliphatic heterocycles.